The number of anilines is 1. The largest absolute Gasteiger partial charge is 0.311 e. The molecule has 0 radical (unpaired) electrons. The maximum Gasteiger partial charge on any atom is 0.0517 e. The van der Waals surface area contributed by atoms with Crippen molar-refractivity contribution in [2.24, 2.45) is 5.84 Å². The molecule has 1 aromatic carbocycles. The van der Waals surface area contributed by atoms with E-state index in [1.54, 1.807) is 0 Å². The number of nitrogens with two attached hydrogens (primary N) is 1. The van der Waals surface area contributed by atoms with Crippen molar-refractivity contribution in [3.05, 3.63) is 30.3 Å². The van der Waals surface area contributed by atoms with Crippen LogP contribution in [0.25, 0.3) is 0 Å². The van der Waals surface area contributed by atoms with E-state index in [1.165, 1.54) is 70.6 Å². The zero-order chi connectivity index (χ0) is 15.2. The predicted octanol–water partition coefficient (Wildman–Crippen LogP) is 5.68. The molecular weight excluding hydrogens is 256 g/mol. The summed E-state index contributed by atoms with van der Waals surface area (Å²) in [4.78, 5) is 0. The fraction of sp³-hybridized carbons (Fsp3) is 0.684. The van der Waals surface area contributed by atoms with Crippen LogP contribution in [0.5, 0.6) is 0 Å². The Hall–Kier alpha value is -1.02. The third-order valence-corrected chi connectivity index (χ3v) is 4.09. The van der Waals surface area contributed by atoms with Crippen LogP contribution in [-0.4, -0.2) is 6.54 Å². The smallest absolute Gasteiger partial charge is 0.0517 e. The summed E-state index contributed by atoms with van der Waals surface area (Å²) in [6, 6.07) is 10.2. The third kappa shape index (κ3) is 9.52. The van der Waals surface area contributed by atoms with Gasteiger partial charge in [-0.1, -0.05) is 89.3 Å². The highest BCUT2D eigenvalue weighted by Crippen LogP contribution is 2.13. The van der Waals surface area contributed by atoms with E-state index in [1.807, 2.05) is 23.2 Å². The van der Waals surface area contributed by atoms with Crippen LogP contribution in [-0.2, 0) is 0 Å². The van der Waals surface area contributed by atoms with Gasteiger partial charge in [-0.05, 0) is 18.6 Å². The van der Waals surface area contributed by atoms with Gasteiger partial charge >= 0.3 is 0 Å². The number of nitrogens with zero attached hydrogens (tertiary/aromatic N) is 1. The lowest BCUT2D eigenvalue weighted by molar-refractivity contribution is 0.548. The molecule has 21 heavy (non-hydrogen) atoms. The molecule has 2 N–H and O–H groups in total. The first kappa shape index (κ1) is 18.0. The molecule has 0 aliphatic heterocycles. The van der Waals surface area contributed by atoms with Crippen molar-refractivity contribution in [3.8, 4) is 0 Å². The molecule has 0 bridgehead atoms. The van der Waals surface area contributed by atoms with Gasteiger partial charge in [-0.25, -0.2) is 5.84 Å². The highest BCUT2D eigenvalue weighted by Gasteiger charge is 1.99. The van der Waals surface area contributed by atoms with Crippen LogP contribution >= 0.6 is 0 Å². The molecule has 0 aliphatic rings. The third-order valence-electron chi connectivity index (χ3n) is 4.09. The quantitative estimate of drug-likeness (QED) is 0.288. The van der Waals surface area contributed by atoms with E-state index in [-0.39, 0.29) is 0 Å². The maximum absolute atomic E-state index is 6.05. The summed E-state index contributed by atoms with van der Waals surface area (Å²) in [5.74, 6) is 6.05. The van der Waals surface area contributed by atoms with Crippen LogP contribution in [0.3, 0.4) is 0 Å². The molecule has 1 aromatic rings. The average molecular weight is 290 g/mol. The van der Waals surface area contributed by atoms with Crippen molar-refractivity contribution in [3.63, 3.8) is 0 Å². The lowest BCUT2D eigenvalue weighted by atomic mass is 10.1. The first-order chi connectivity index (χ1) is 10.3. The molecule has 0 atom stereocenters. The average Bonchev–Trinajstić information content (AvgIpc) is 2.53. The van der Waals surface area contributed by atoms with E-state index in [2.05, 4.69) is 19.1 Å². The van der Waals surface area contributed by atoms with Gasteiger partial charge in [0.2, 0.25) is 0 Å². The van der Waals surface area contributed by atoms with Crippen molar-refractivity contribution < 1.29 is 0 Å². The van der Waals surface area contributed by atoms with Crippen molar-refractivity contribution in [2.75, 3.05) is 11.6 Å². The molecule has 0 aromatic heterocycles. The second kappa shape index (κ2) is 12.7. The van der Waals surface area contributed by atoms with Crippen molar-refractivity contribution in [1.82, 2.24) is 0 Å². The van der Waals surface area contributed by atoms with Crippen molar-refractivity contribution in [1.29, 1.82) is 0 Å². The van der Waals surface area contributed by atoms with Crippen LogP contribution in [0.1, 0.15) is 77.6 Å². The summed E-state index contributed by atoms with van der Waals surface area (Å²) in [5.41, 5.74) is 1.12. The number of rotatable bonds is 13. The van der Waals surface area contributed by atoms with E-state index in [4.69, 9.17) is 5.84 Å². The van der Waals surface area contributed by atoms with Gasteiger partial charge in [-0.2, -0.15) is 0 Å². The minimum Gasteiger partial charge on any atom is -0.311 e. The van der Waals surface area contributed by atoms with Gasteiger partial charge in [0.15, 0.2) is 0 Å². The Morgan fingerprint density at radius 2 is 1.19 bits per heavy atom. The van der Waals surface area contributed by atoms with E-state index < -0.39 is 0 Å². The highest BCUT2D eigenvalue weighted by molar-refractivity contribution is 5.43. The van der Waals surface area contributed by atoms with Gasteiger partial charge < -0.3 is 5.01 Å². The molecule has 0 saturated carbocycles. The van der Waals surface area contributed by atoms with Crippen LogP contribution in [0.2, 0.25) is 0 Å². The second-order valence-corrected chi connectivity index (χ2v) is 6.06. The summed E-state index contributed by atoms with van der Waals surface area (Å²) in [7, 11) is 0. The highest BCUT2D eigenvalue weighted by atomic mass is 15.4. The predicted molar refractivity (Wildman–Crippen MR) is 94.4 cm³/mol. The summed E-state index contributed by atoms with van der Waals surface area (Å²) < 4.78 is 0. The molecule has 0 aliphatic carbocycles. The SMILES string of the molecule is CCCCCCCCCCCCCN(N)c1ccccc1. The molecule has 0 saturated heterocycles. The minimum absolute atomic E-state index is 0.959. The lowest BCUT2D eigenvalue weighted by Gasteiger charge is -2.18. The summed E-state index contributed by atoms with van der Waals surface area (Å²) in [5, 5.41) is 1.87. The summed E-state index contributed by atoms with van der Waals surface area (Å²) in [6.45, 7) is 3.24. The fourth-order valence-corrected chi connectivity index (χ4v) is 2.69. The molecule has 120 valence electrons. The Bertz CT molecular complexity index is 324. The summed E-state index contributed by atoms with van der Waals surface area (Å²) in [6.07, 6.45) is 15.2. The number of para-hydroxylation sites is 1. The molecule has 0 amide bonds. The maximum atomic E-state index is 6.05. The van der Waals surface area contributed by atoms with Crippen LogP contribution < -0.4 is 10.9 Å². The molecule has 0 fully saturated rings. The van der Waals surface area contributed by atoms with Crippen LogP contribution in [0.4, 0.5) is 5.69 Å². The first-order valence-electron chi connectivity index (χ1n) is 8.92. The number of hydrazine groups is 1. The standard InChI is InChI=1S/C19H34N2/c1-2-3-4-5-6-7-8-9-10-11-15-18-21(20)19-16-13-12-14-17-19/h12-14,16-17H,2-11,15,18,20H2,1H3. The molecule has 0 spiro atoms. The Morgan fingerprint density at radius 3 is 1.71 bits per heavy atom. The zero-order valence-corrected chi connectivity index (χ0v) is 13.9. The molecule has 1 rings (SSSR count). The van der Waals surface area contributed by atoms with Crippen LogP contribution in [0.15, 0.2) is 30.3 Å². The lowest BCUT2D eigenvalue weighted by Crippen LogP contribution is -2.31. The molecule has 0 heterocycles. The van der Waals surface area contributed by atoms with Gasteiger partial charge in [-0.3, -0.25) is 0 Å². The van der Waals surface area contributed by atoms with Gasteiger partial charge in [0.25, 0.3) is 0 Å². The van der Waals surface area contributed by atoms with Crippen molar-refractivity contribution in [2.45, 2.75) is 77.6 Å². The van der Waals surface area contributed by atoms with E-state index in [0.717, 1.165) is 12.2 Å². The Labute approximate surface area is 131 Å². The van der Waals surface area contributed by atoms with E-state index in [9.17, 15) is 0 Å². The molecular formula is C19H34N2. The number of benzene rings is 1. The number of unbranched alkanes of at least 4 members (excludes halogenated alkanes) is 10. The zero-order valence-electron chi connectivity index (χ0n) is 13.9. The Kier molecular flexibility index (Phi) is 10.9. The van der Waals surface area contributed by atoms with Crippen molar-refractivity contribution >= 4 is 5.69 Å². The monoisotopic (exact) mass is 290 g/mol. The topological polar surface area (TPSA) is 29.3 Å². The minimum atomic E-state index is 0.959. The first-order valence-corrected chi connectivity index (χ1v) is 8.92. The van der Waals surface area contributed by atoms with Gasteiger partial charge in [0, 0.05) is 6.54 Å². The van der Waals surface area contributed by atoms with E-state index >= 15 is 0 Å². The second-order valence-electron chi connectivity index (χ2n) is 6.06. The number of hydrogen-bond donors (Lipinski definition) is 1. The normalized spacial score (nSPS) is 10.8. The Morgan fingerprint density at radius 1 is 0.714 bits per heavy atom. The van der Waals surface area contributed by atoms with Crippen LogP contribution in [0, 0.1) is 0 Å². The Balaban J connectivity index is 1.86. The van der Waals surface area contributed by atoms with E-state index in [0.29, 0.717) is 0 Å². The number of hydrogen-bond acceptors (Lipinski definition) is 2. The fourth-order valence-electron chi connectivity index (χ4n) is 2.69. The molecule has 2 nitrogen and oxygen atoms in total. The summed E-state index contributed by atoms with van der Waals surface area (Å²) >= 11 is 0. The molecule has 0 unspecified atom stereocenters. The molecule has 2 heteroatoms. The van der Waals surface area contributed by atoms with Gasteiger partial charge in [0.1, 0.15) is 0 Å². The van der Waals surface area contributed by atoms with Gasteiger partial charge in [-0.15, -0.1) is 0 Å². The van der Waals surface area contributed by atoms with Gasteiger partial charge in [0.05, 0.1) is 5.69 Å².